The van der Waals surface area contributed by atoms with Crippen molar-refractivity contribution >= 4 is 78.9 Å². The Bertz CT molecular complexity index is 3720. The molecule has 424 valence electrons. The predicted molar refractivity (Wildman–Crippen MR) is 312 cm³/mol. The third kappa shape index (κ3) is 12.5. The van der Waals surface area contributed by atoms with Crippen molar-refractivity contribution in [1.82, 2.24) is 34.7 Å². The van der Waals surface area contributed by atoms with Crippen molar-refractivity contribution in [3.63, 3.8) is 0 Å². The summed E-state index contributed by atoms with van der Waals surface area (Å²) in [6, 6.07) is 25.0. The number of imide groups is 1. The number of allylic oxidation sites excluding steroid dienone is 1. The molecule has 82 heavy (non-hydrogen) atoms. The maximum Gasteiger partial charge on any atom is 0.293 e. The molecule has 19 nitrogen and oxygen atoms in total. The van der Waals surface area contributed by atoms with Crippen molar-refractivity contribution in [2.24, 2.45) is 11.3 Å². The first kappa shape index (κ1) is 55.8. The topological polar surface area (TPSA) is 233 Å². The third-order valence-corrected chi connectivity index (χ3v) is 18.0. The number of benzene rings is 4. The van der Waals surface area contributed by atoms with Gasteiger partial charge in [-0.1, -0.05) is 55.0 Å². The fraction of sp³-hybridized carbons (Fsp3) is 0.361. The van der Waals surface area contributed by atoms with Crippen LogP contribution >= 0.6 is 11.6 Å². The summed E-state index contributed by atoms with van der Waals surface area (Å²) in [5.74, 6) is 5.04. The monoisotopic (exact) mass is 1150 g/mol. The molecule has 1 unspecified atom stereocenters. The molecule has 2 aromatic heterocycles. The van der Waals surface area contributed by atoms with Gasteiger partial charge in [0.25, 0.3) is 27.5 Å². The normalized spacial score (nSPS) is 18.9. The number of H-pyrrole nitrogens is 1. The number of nitrogens with one attached hydrogen (secondary N) is 4. The predicted octanol–water partition coefficient (Wildman–Crippen LogP) is 8.76. The average Bonchev–Trinajstić information content (AvgIpc) is 4.20. The lowest BCUT2D eigenvalue weighted by molar-refractivity contribution is -0.384. The fourth-order valence-corrected chi connectivity index (χ4v) is 12.8. The van der Waals surface area contributed by atoms with Crippen LogP contribution in [0, 0.1) is 33.3 Å². The number of nitro benzene ring substituents is 1. The van der Waals surface area contributed by atoms with Crippen molar-refractivity contribution in [1.29, 1.82) is 0 Å². The Morgan fingerprint density at radius 3 is 2.48 bits per heavy atom. The number of piperazine rings is 1. The minimum Gasteiger partial charge on any atom is -0.455 e. The smallest absolute Gasteiger partial charge is 0.293 e. The first-order valence-corrected chi connectivity index (χ1v) is 29.6. The first-order valence-electron chi connectivity index (χ1n) is 27.7. The van der Waals surface area contributed by atoms with E-state index in [1.54, 1.807) is 36.5 Å². The van der Waals surface area contributed by atoms with Crippen LogP contribution in [0.2, 0.25) is 5.02 Å². The number of halogens is 1. The van der Waals surface area contributed by atoms with Gasteiger partial charge in [-0.05, 0) is 146 Å². The molecule has 21 heteroatoms. The molecule has 11 rings (SSSR count). The van der Waals surface area contributed by atoms with Gasteiger partial charge in [-0.2, -0.15) is 0 Å². The van der Waals surface area contributed by atoms with E-state index >= 15 is 0 Å². The number of pyridine rings is 1. The number of amides is 4. The number of anilines is 2. The Labute approximate surface area is 480 Å². The van der Waals surface area contributed by atoms with Gasteiger partial charge in [0.15, 0.2) is 0 Å². The number of carbonyl (C=O) groups is 4. The number of nitrogens with zero attached hydrogens (tertiary/aromatic N) is 6. The molecule has 0 bridgehead atoms. The summed E-state index contributed by atoms with van der Waals surface area (Å²) < 4.78 is 36.4. The summed E-state index contributed by atoms with van der Waals surface area (Å²) in [6.07, 6.45) is 8.48. The molecule has 0 saturated carbocycles. The maximum atomic E-state index is 14.1. The van der Waals surface area contributed by atoms with E-state index in [2.05, 4.69) is 77.8 Å². The standard InChI is InChI=1S/C61H63ClN10O9S/c1-61(2)21-17-43(51(34-61)41-6-8-45(62)9-7-41)37-69-26-28-70(29-27-69)46-10-13-50(55(32-46)81-47-31-42-18-22-63-57(42)65-36-47)58(74)67-82(79,80)48-11-14-52(54(33-48)72(77)78)64-35-40-19-24-68(25-20-40)23-3-4-39-5-12-49-44(30-39)38-71(60(49)76)53-15-16-56(73)66-59(53)75/h5-14,18,22,30-33,36,40,53,64H,15-17,19-21,23-29,34-35,37-38H2,1-2H3,(H,63,65)(H,67,74)(H,66,73,75). The second kappa shape index (κ2) is 23.4. The van der Waals surface area contributed by atoms with E-state index in [0.29, 0.717) is 49.6 Å². The number of hydrogen-bond donors (Lipinski definition) is 4. The fourth-order valence-electron chi connectivity index (χ4n) is 11.7. The summed E-state index contributed by atoms with van der Waals surface area (Å²) >= 11 is 6.27. The molecule has 4 aromatic carbocycles. The highest BCUT2D eigenvalue weighted by atomic mass is 35.5. The highest BCUT2D eigenvalue weighted by Crippen LogP contribution is 2.44. The molecule has 6 heterocycles. The number of carbonyl (C=O) groups excluding carboxylic acids is 4. The van der Waals surface area contributed by atoms with Crippen LogP contribution in [0.1, 0.15) is 96.2 Å². The van der Waals surface area contributed by atoms with Gasteiger partial charge in [-0.3, -0.25) is 44.4 Å². The third-order valence-electron chi connectivity index (χ3n) is 16.4. The minimum atomic E-state index is -4.64. The summed E-state index contributed by atoms with van der Waals surface area (Å²) in [5, 5.41) is 19.4. The van der Waals surface area contributed by atoms with E-state index in [1.165, 1.54) is 46.0 Å². The molecule has 6 aromatic rings. The zero-order valence-electron chi connectivity index (χ0n) is 45.6. The van der Waals surface area contributed by atoms with E-state index in [0.717, 1.165) is 98.1 Å². The lowest BCUT2D eigenvalue weighted by atomic mass is 9.72. The molecule has 4 aliphatic heterocycles. The lowest BCUT2D eigenvalue weighted by Gasteiger charge is -2.39. The van der Waals surface area contributed by atoms with Gasteiger partial charge in [0.05, 0.1) is 28.1 Å². The highest BCUT2D eigenvalue weighted by Gasteiger charge is 2.39. The zero-order chi connectivity index (χ0) is 57.3. The van der Waals surface area contributed by atoms with Crippen LogP contribution in [0.5, 0.6) is 11.5 Å². The summed E-state index contributed by atoms with van der Waals surface area (Å²) in [5.41, 5.74) is 7.40. The number of ether oxygens (including phenoxy) is 1. The van der Waals surface area contributed by atoms with Gasteiger partial charge in [-0.15, -0.1) is 0 Å². The van der Waals surface area contributed by atoms with Crippen LogP contribution in [-0.4, -0.2) is 127 Å². The number of likely N-dealkylation sites (tertiary alicyclic amines) is 1. The Morgan fingerprint density at radius 1 is 0.915 bits per heavy atom. The Kier molecular flexibility index (Phi) is 15.9. The lowest BCUT2D eigenvalue weighted by Crippen LogP contribution is -2.52. The Hall–Kier alpha value is -8.09. The summed E-state index contributed by atoms with van der Waals surface area (Å²) in [6.45, 7) is 11.2. The van der Waals surface area contributed by atoms with Crippen LogP contribution < -0.4 is 25.0 Å². The molecule has 3 fully saturated rings. The average molecular weight is 1150 g/mol. The number of sulfonamides is 1. The molecule has 1 aliphatic carbocycles. The van der Waals surface area contributed by atoms with E-state index in [4.69, 9.17) is 16.3 Å². The quantitative estimate of drug-likeness (QED) is 0.0326. The van der Waals surface area contributed by atoms with E-state index in [9.17, 15) is 37.7 Å². The zero-order valence-corrected chi connectivity index (χ0v) is 47.2. The number of aromatic amines is 1. The van der Waals surface area contributed by atoms with Crippen molar-refractivity contribution in [2.75, 3.05) is 69.1 Å². The maximum absolute atomic E-state index is 14.1. The number of aromatic nitrogens is 2. The number of fused-ring (bicyclic) bond motifs is 2. The van der Waals surface area contributed by atoms with Gasteiger partial charge in [0, 0.05) is 97.8 Å². The van der Waals surface area contributed by atoms with E-state index < -0.39 is 43.4 Å². The molecule has 0 spiro atoms. The van der Waals surface area contributed by atoms with Crippen molar-refractivity contribution < 1.29 is 37.3 Å². The van der Waals surface area contributed by atoms with Crippen molar-refractivity contribution in [3.8, 4) is 23.3 Å². The highest BCUT2D eigenvalue weighted by molar-refractivity contribution is 7.90. The number of hydrogen-bond acceptors (Lipinski definition) is 14. The molecule has 1 atom stereocenters. The Balaban J connectivity index is 0.710. The Morgan fingerprint density at radius 2 is 1.71 bits per heavy atom. The number of nitro groups is 1. The largest absolute Gasteiger partial charge is 0.455 e. The molecule has 4 N–H and O–H groups in total. The van der Waals surface area contributed by atoms with Gasteiger partial charge in [-0.25, -0.2) is 18.1 Å². The SMILES string of the molecule is CC1(C)CCC(CN2CCN(c3ccc(C(=O)NS(=O)(=O)c4ccc(NCC5CCN(CC#Cc6ccc7c(c6)CN(C6CCC(=O)NC6=O)C7=O)CC5)c([N+](=O)[O-])c4)c(Oc4cnc5[nH]ccc5c4)c3)CC2)=C(c2ccc(Cl)cc2)C1. The molecule has 4 amide bonds. The van der Waals surface area contributed by atoms with Crippen molar-refractivity contribution in [3.05, 3.63) is 152 Å². The van der Waals surface area contributed by atoms with Crippen LogP contribution in [0.4, 0.5) is 17.1 Å². The van der Waals surface area contributed by atoms with E-state index in [-0.39, 0.29) is 53.1 Å². The second-order valence-corrected chi connectivity index (χ2v) is 24.7. The van der Waals surface area contributed by atoms with Gasteiger partial charge in [0.1, 0.15) is 28.9 Å². The second-order valence-electron chi connectivity index (χ2n) is 22.6. The first-order chi connectivity index (χ1) is 39.4. The van der Waals surface area contributed by atoms with Gasteiger partial charge in [0.2, 0.25) is 11.8 Å². The molecular weight excluding hydrogens is 1080 g/mol. The molecule has 0 radical (unpaired) electrons. The molecular formula is C61H63ClN10O9S. The summed E-state index contributed by atoms with van der Waals surface area (Å²) in [4.78, 5) is 78.6. The van der Waals surface area contributed by atoms with E-state index in [1.807, 2.05) is 24.3 Å². The molecule has 3 saturated heterocycles. The molecule has 5 aliphatic rings. The number of piperidine rings is 2. The number of rotatable bonds is 15. The van der Waals surface area contributed by atoms with Crippen LogP contribution in [-0.2, 0) is 26.2 Å². The van der Waals surface area contributed by atoms with Gasteiger partial charge >= 0.3 is 0 Å². The van der Waals surface area contributed by atoms with Crippen LogP contribution in [0.25, 0.3) is 16.6 Å². The minimum absolute atomic E-state index is 0.0627. The van der Waals surface area contributed by atoms with Crippen molar-refractivity contribution in [2.45, 2.75) is 76.3 Å². The van der Waals surface area contributed by atoms with Crippen LogP contribution in [0.3, 0.4) is 0 Å². The van der Waals surface area contributed by atoms with Gasteiger partial charge < -0.3 is 24.8 Å². The summed E-state index contributed by atoms with van der Waals surface area (Å²) in [7, 11) is -4.64. The van der Waals surface area contributed by atoms with Crippen LogP contribution in [0.15, 0.2) is 114 Å².